The number of cyclic esters (lactones) is 1. The highest BCUT2D eigenvalue weighted by Crippen LogP contribution is 2.72. The van der Waals surface area contributed by atoms with E-state index in [1.807, 2.05) is 125 Å². The van der Waals surface area contributed by atoms with Gasteiger partial charge in [-0.05, 0) is 219 Å². The smallest absolute Gasteiger partial charge is 0.419 e. The quantitative estimate of drug-likeness (QED) is 0.0581. The van der Waals surface area contributed by atoms with Crippen LogP contribution in [-0.2, 0) is 61.9 Å². The molecule has 0 spiro atoms. The van der Waals surface area contributed by atoms with Crippen molar-refractivity contribution >= 4 is 35.8 Å². The highest BCUT2D eigenvalue weighted by atomic mass is 19.4. The van der Waals surface area contributed by atoms with Gasteiger partial charge in [0.1, 0.15) is 24.4 Å². The summed E-state index contributed by atoms with van der Waals surface area (Å²) in [6.07, 6.45) is 5.50. The molecular formula is C74H147F3O17. The molecule has 0 aromatic rings. The maximum atomic E-state index is 12.9. The van der Waals surface area contributed by atoms with E-state index in [0.29, 0.717) is 63.7 Å². The van der Waals surface area contributed by atoms with Gasteiger partial charge >= 0.3 is 42.0 Å². The van der Waals surface area contributed by atoms with Crippen LogP contribution in [0.15, 0.2) is 0 Å². The van der Waals surface area contributed by atoms with Crippen molar-refractivity contribution in [3.05, 3.63) is 0 Å². The summed E-state index contributed by atoms with van der Waals surface area (Å²) in [5, 5.41) is 41.2. The van der Waals surface area contributed by atoms with Crippen LogP contribution in [0.25, 0.3) is 0 Å². The minimum Gasteiger partial charge on any atom is -0.465 e. The van der Waals surface area contributed by atoms with Gasteiger partial charge < -0.3 is 53.6 Å². The molecule has 566 valence electrons. The fraction of sp³-hybridized carbons (Fsp3) is 0.919. The fourth-order valence-electron chi connectivity index (χ4n) is 11.3. The van der Waals surface area contributed by atoms with E-state index in [-0.39, 0.29) is 144 Å². The molecule has 6 fully saturated rings. The molecule has 1 heterocycles. The van der Waals surface area contributed by atoms with Gasteiger partial charge in [-0.1, -0.05) is 101 Å². The summed E-state index contributed by atoms with van der Waals surface area (Å²) in [6, 6.07) is 0. The van der Waals surface area contributed by atoms with Crippen LogP contribution in [0, 0.1) is 49.7 Å². The van der Waals surface area contributed by atoms with Gasteiger partial charge in [0.25, 0.3) is 0 Å². The first-order valence-corrected chi connectivity index (χ1v) is 31.2. The van der Waals surface area contributed by atoms with Gasteiger partial charge in [-0.15, -0.1) is 0 Å². The molecule has 17 nitrogen and oxygen atoms in total. The minimum absolute atomic E-state index is 0. The summed E-state index contributed by atoms with van der Waals surface area (Å²) in [5.41, 5.74) is -10.6. The van der Waals surface area contributed by atoms with E-state index in [2.05, 4.69) is 0 Å². The molecule has 5 saturated carbocycles. The Kier molecular flexibility index (Phi) is 41.5. The zero-order valence-corrected chi connectivity index (χ0v) is 57.0. The summed E-state index contributed by atoms with van der Waals surface area (Å²) in [6.45, 7) is 40.5. The van der Waals surface area contributed by atoms with Gasteiger partial charge in [0.2, 0.25) is 0 Å². The Morgan fingerprint density at radius 2 is 0.851 bits per heavy atom. The lowest BCUT2D eigenvalue weighted by Crippen LogP contribution is -2.70. The molecule has 0 aromatic carbocycles. The van der Waals surface area contributed by atoms with Gasteiger partial charge in [-0.25, -0.2) is 4.79 Å². The molecular weight excluding hydrogens is 1220 g/mol. The second-order valence-electron chi connectivity index (χ2n) is 31.5. The number of esters is 6. The van der Waals surface area contributed by atoms with Crippen molar-refractivity contribution in [2.24, 2.45) is 49.7 Å². The van der Waals surface area contributed by atoms with Gasteiger partial charge in [0.15, 0.2) is 11.2 Å². The fourth-order valence-corrected chi connectivity index (χ4v) is 11.3. The number of hydrogen-bond acceptors (Lipinski definition) is 17. The molecule has 94 heavy (non-hydrogen) atoms. The number of carbonyl (C=O) groups excluding carboxylic acids is 6. The number of aliphatic hydroxyl groups is 4. The zero-order valence-electron chi connectivity index (χ0n) is 57.0. The summed E-state index contributed by atoms with van der Waals surface area (Å²) in [4.78, 5) is 70.8. The second kappa shape index (κ2) is 37.6. The van der Waals surface area contributed by atoms with Crippen LogP contribution in [0.2, 0.25) is 0 Å². The molecule has 6 aliphatic rings. The van der Waals surface area contributed by atoms with Crippen LogP contribution in [0.4, 0.5) is 13.2 Å². The first kappa shape index (κ1) is 104. The highest BCUT2D eigenvalue weighted by molar-refractivity contribution is 5.79. The van der Waals surface area contributed by atoms with Gasteiger partial charge in [-0.2, -0.15) is 13.2 Å². The van der Waals surface area contributed by atoms with Gasteiger partial charge in [-0.3, -0.25) is 24.0 Å². The Labute approximate surface area is 572 Å². The molecule has 6 rings (SSSR count). The van der Waals surface area contributed by atoms with Crippen LogP contribution in [-0.4, -0.2) is 135 Å². The predicted octanol–water partition coefficient (Wildman–Crippen LogP) is 17.5. The van der Waals surface area contributed by atoms with Crippen LogP contribution >= 0.6 is 0 Å². The van der Waals surface area contributed by atoms with Crippen molar-refractivity contribution in [2.45, 2.75) is 367 Å². The molecule has 4 unspecified atom stereocenters. The van der Waals surface area contributed by atoms with E-state index in [9.17, 15) is 62.4 Å². The first-order chi connectivity index (χ1) is 38.5. The second-order valence-corrected chi connectivity index (χ2v) is 31.5. The van der Waals surface area contributed by atoms with Crippen molar-refractivity contribution < 1.29 is 95.5 Å². The molecule has 1 aliphatic heterocycles. The molecule has 4 atom stereocenters. The number of rotatable bonds is 22. The Bertz CT molecular complexity index is 2260. The van der Waals surface area contributed by atoms with E-state index in [4.69, 9.17) is 33.2 Å². The average molecular weight is 1370 g/mol. The van der Waals surface area contributed by atoms with Crippen molar-refractivity contribution in [1.82, 2.24) is 0 Å². The summed E-state index contributed by atoms with van der Waals surface area (Å²) in [5.74, 6) is -1.42. The molecule has 1 saturated heterocycles. The van der Waals surface area contributed by atoms with E-state index in [0.717, 1.165) is 39.0 Å². The number of carbonyl (C=O) groups is 6. The molecule has 4 N–H and O–H groups in total. The van der Waals surface area contributed by atoms with Crippen LogP contribution < -0.4 is 0 Å². The number of halogens is 3. The first-order valence-electron chi connectivity index (χ1n) is 31.2. The number of alkyl halides is 3. The lowest BCUT2D eigenvalue weighted by Gasteiger charge is -2.70. The standard InChI is InChI=1S/C22H38O4.C19H33F3O4.C15H28O5.C10H16O4.8CH4/c1-8-17(2,3)16(23)26-22-11-15-9-20(13-22,18(4,5)24)12-21(10-15,14-22)19(6,7)25;1-7-16(2,3)15(23)26-14-10-8-13(9-11-14)17(4,5)25-12-18(6,24)19(20,21)22;1-8-14(4,5)11(16)19-9-13(2,3)10-20-12(17)15(6,7)18;1-4-10(2,3)9(12)14-7-5-8(11)13-6-7;;;;;;;;/h15,24-25H,8-14H2,1-7H3;13-14,24H,7-12H2,1-6H3;18H,8-10H2,1-7H3;7H,4-6H2,1-3H3;8*1H4. The number of ether oxygens (including phenoxy) is 7. The van der Waals surface area contributed by atoms with E-state index in [1.54, 1.807) is 13.8 Å². The van der Waals surface area contributed by atoms with Crippen molar-refractivity contribution in [1.29, 1.82) is 0 Å². The third kappa shape index (κ3) is 28.0. The largest absolute Gasteiger partial charge is 0.465 e. The Morgan fingerprint density at radius 3 is 1.19 bits per heavy atom. The van der Waals surface area contributed by atoms with Crippen molar-refractivity contribution in [2.75, 3.05) is 26.4 Å². The molecule has 4 bridgehead atoms. The lowest BCUT2D eigenvalue weighted by atomic mass is 9.37. The number of hydrogen-bond donors (Lipinski definition) is 4. The van der Waals surface area contributed by atoms with E-state index in [1.165, 1.54) is 13.8 Å². The molecule has 0 amide bonds. The average Bonchev–Trinajstić information content (AvgIpc) is 0.715. The summed E-state index contributed by atoms with van der Waals surface area (Å²) in [7, 11) is 0. The Balaban J connectivity index is -0.000000213. The Morgan fingerprint density at radius 1 is 0.489 bits per heavy atom. The maximum Gasteiger partial charge on any atom is 0.419 e. The normalized spacial score (nSPS) is 24.0. The predicted molar refractivity (Wildman–Crippen MR) is 374 cm³/mol. The van der Waals surface area contributed by atoms with Crippen molar-refractivity contribution in [3.8, 4) is 0 Å². The van der Waals surface area contributed by atoms with Gasteiger partial charge in [0, 0.05) is 16.2 Å². The molecule has 0 radical (unpaired) electrons. The minimum atomic E-state index is -4.74. The summed E-state index contributed by atoms with van der Waals surface area (Å²) >= 11 is 0. The van der Waals surface area contributed by atoms with E-state index >= 15 is 0 Å². The highest BCUT2D eigenvalue weighted by Gasteiger charge is 2.71. The molecule has 20 heteroatoms. The molecule has 5 aliphatic carbocycles. The third-order valence-corrected chi connectivity index (χ3v) is 19.7. The topological polar surface area (TPSA) is 248 Å². The summed E-state index contributed by atoms with van der Waals surface area (Å²) < 4.78 is 75.8. The monoisotopic (exact) mass is 1370 g/mol. The SMILES string of the molecule is C.C.C.C.C.C.C.C.CCC(C)(C)C(=O)OC12CC3CC(C(C)(C)O)(C1)CC(C(C)(C)O)(C3)C2.CCC(C)(C)C(=O)OC1CCC(C(C)(C)OCC(C)(O)C(F)(F)F)CC1.CCC(C)(C)C(=O)OC1COC(=O)C1.CCC(C)(C)C(=O)OCC(C)(C)COC(=O)C(C)(C)O. The Hall–Kier alpha value is -3.59. The molecule has 0 aromatic heterocycles. The van der Waals surface area contributed by atoms with E-state index < -0.39 is 79.4 Å². The third-order valence-electron chi connectivity index (χ3n) is 19.7. The van der Waals surface area contributed by atoms with Crippen LogP contribution in [0.3, 0.4) is 0 Å². The van der Waals surface area contributed by atoms with Gasteiger partial charge in [0.05, 0.1) is 64.7 Å². The van der Waals surface area contributed by atoms with Crippen molar-refractivity contribution in [3.63, 3.8) is 0 Å². The maximum absolute atomic E-state index is 12.9. The zero-order chi connectivity index (χ0) is 67.2. The lowest BCUT2D eigenvalue weighted by molar-refractivity contribution is -0.288. The van der Waals surface area contributed by atoms with Crippen LogP contribution in [0.5, 0.6) is 0 Å². The van der Waals surface area contributed by atoms with Crippen LogP contribution in [0.1, 0.15) is 315 Å².